The van der Waals surface area contributed by atoms with Gasteiger partial charge in [-0.2, -0.15) is 0 Å². The lowest BCUT2D eigenvalue weighted by Crippen LogP contribution is -2.30. The minimum absolute atomic E-state index is 0.0916. The smallest absolute Gasteiger partial charge is 0.255 e. The summed E-state index contributed by atoms with van der Waals surface area (Å²) in [5.41, 5.74) is 2.02. The van der Waals surface area contributed by atoms with Crippen molar-refractivity contribution in [2.75, 3.05) is 0 Å². The van der Waals surface area contributed by atoms with Crippen molar-refractivity contribution in [3.8, 4) is 0 Å². The van der Waals surface area contributed by atoms with Gasteiger partial charge < -0.3 is 10.3 Å². The average molecular weight is 329 g/mol. The number of carbonyl (C=O) groups is 1. The number of aryl methyl sites for hydroxylation is 1. The molecule has 3 rings (SSSR count). The number of benzene rings is 1. The van der Waals surface area contributed by atoms with Crippen LogP contribution in [0.25, 0.3) is 0 Å². The molecule has 1 heterocycles. The number of hydrogen-bond acceptors (Lipinski definition) is 4. The van der Waals surface area contributed by atoms with Gasteiger partial charge in [-0.15, -0.1) is 0 Å². The van der Waals surface area contributed by atoms with E-state index in [2.05, 4.69) is 15.3 Å². The number of H-pyrrole nitrogens is 1. The Bertz CT molecular complexity index is 754. The van der Waals surface area contributed by atoms with Crippen LogP contribution in [0.2, 0.25) is 0 Å². The van der Waals surface area contributed by atoms with E-state index in [1.807, 2.05) is 30.3 Å². The molecule has 0 saturated heterocycles. The molecule has 2 N–H and O–H groups in total. The summed E-state index contributed by atoms with van der Waals surface area (Å²) in [5, 5.41) is 3.48. The van der Waals surface area contributed by atoms with Crippen molar-refractivity contribution >= 4 is 17.7 Å². The van der Waals surface area contributed by atoms with Crippen molar-refractivity contribution in [1.82, 2.24) is 15.3 Å². The maximum Gasteiger partial charge on any atom is 0.255 e. The third-order valence-corrected chi connectivity index (χ3v) is 4.64. The predicted molar refractivity (Wildman–Crippen MR) is 90.5 cm³/mol. The monoisotopic (exact) mass is 329 g/mol. The van der Waals surface area contributed by atoms with E-state index >= 15 is 0 Å². The van der Waals surface area contributed by atoms with Crippen LogP contribution in [-0.4, -0.2) is 21.9 Å². The molecule has 120 valence electrons. The molecule has 1 saturated carbocycles. The van der Waals surface area contributed by atoms with Crippen LogP contribution < -0.4 is 10.9 Å². The van der Waals surface area contributed by atoms with Crippen LogP contribution in [0.1, 0.15) is 29.7 Å². The van der Waals surface area contributed by atoms with Gasteiger partial charge in [-0.3, -0.25) is 9.59 Å². The normalized spacial score (nSPS) is 13.8. The summed E-state index contributed by atoms with van der Waals surface area (Å²) < 4.78 is 0. The quantitative estimate of drug-likeness (QED) is 0.629. The highest BCUT2D eigenvalue weighted by atomic mass is 32.2. The Balaban J connectivity index is 1.66. The molecule has 0 radical (unpaired) electrons. The molecule has 0 bridgehead atoms. The van der Waals surface area contributed by atoms with Gasteiger partial charge in [0, 0.05) is 23.1 Å². The molecule has 2 aromatic rings. The number of rotatable bonds is 6. The van der Waals surface area contributed by atoms with Gasteiger partial charge >= 0.3 is 0 Å². The van der Waals surface area contributed by atoms with Crippen molar-refractivity contribution in [2.24, 2.45) is 0 Å². The molecule has 1 aromatic carbocycles. The van der Waals surface area contributed by atoms with Gasteiger partial charge in [0.25, 0.3) is 5.56 Å². The van der Waals surface area contributed by atoms with E-state index in [9.17, 15) is 9.59 Å². The Morgan fingerprint density at radius 1 is 1.35 bits per heavy atom. The Morgan fingerprint density at radius 3 is 2.74 bits per heavy atom. The molecule has 0 atom stereocenters. The zero-order valence-corrected chi connectivity index (χ0v) is 13.8. The molecule has 1 amide bonds. The highest BCUT2D eigenvalue weighted by Gasteiger charge is 2.24. The van der Waals surface area contributed by atoms with Crippen molar-refractivity contribution < 1.29 is 4.79 Å². The molecule has 5 nitrogen and oxygen atoms in total. The second-order valence-corrected chi connectivity index (χ2v) is 6.69. The Morgan fingerprint density at radius 2 is 2.09 bits per heavy atom. The van der Waals surface area contributed by atoms with Crippen molar-refractivity contribution in [1.29, 1.82) is 0 Å². The molecule has 0 unspecified atom stereocenters. The maximum atomic E-state index is 12.2. The molecular weight excluding hydrogens is 310 g/mol. The summed E-state index contributed by atoms with van der Waals surface area (Å²) >= 11 is 1.48. The van der Waals surface area contributed by atoms with Crippen LogP contribution in [0.15, 0.2) is 40.3 Å². The van der Waals surface area contributed by atoms with E-state index in [0.29, 0.717) is 22.5 Å². The van der Waals surface area contributed by atoms with E-state index in [4.69, 9.17) is 0 Å². The fourth-order valence-corrected chi connectivity index (χ4v) is 3.12. The van der Waals surface area contributed by atoms with E-state index < -0.39 is 0 Å². The molecule has 1 fully saturated rings. The highest BCUT2D eigenvalue weighted by Crippen LogP contribution is 2.20. The van der Waals surface area contributed by atoms with E-state index in [-0.39, 0.29) is 17.9 Å². The van der Waals surface area contributed by atoms with Crippen LogP contribution in [0, 0.1) is 6.92 Å². The molecular formula is C17H19N3O2S. The topological polar surface area (TPSA) is 74.8 Å². The number of aromatic nitrogens is 2. The lowest BCUT2D eigenvalue weighted by molar-refractivity contribution is -0.120. The van der Waals surface area contributed by atoms with Crippen LogP contribution in [0.5, 0.6) is 0 Å². The largest absolute Gasteiger partial charge is 0.353 e. The first kappa shape index (κ1) is 15.8. The zero-order valence-electron chi connectivity index (χ0n) is 13.0. The fourth-order valence-electron chi connectivity index (χ4n) is 2.25. The predicted octanol–water partition coefficient (Wildman–Crippen LogP) is 2.19. The lowest BCUT2D eigenvalue weighted by atomic mass is 10.1. The van der Waals surface area contributed by atoms with Crippen molar-refractivity contribution in [3.05, 3.63) is 57.5 Å². The van der Waals surface area contributed by atoms with Gasteiger partial charge in [0.05, 0.1) is 6.42 Å². The summed E-state index contributed by atoms with van der Waals surface area (Å²) in [6, 6.07) is 10.3. The molecule has 1 aliphatic rings. The Labute approximate surface area is 138 Å². The number of nitrogens with one attached hydrogen (secondary N) is 2. The van der Waals surface area contributed by atoms with Gasteiger partial charge in [0.2, 0.25) is 5.91 Å². The molecule has 1 aromatic heterocycles. The van der Waals surface area contributed by atoms with E-state index in [1.165, 1.54) is 17.3 Å². The Kier molecular flexibility index (Phi) is 4.81. The third kappa shape index (κ3) is 4.45. The summed E-state index contributed by atoms with van der Waals surface area (Å²) in [6.45, 7) is 1.78. The summed E-state index contributed by atoms with van der Waals surface area (Å²) in [4.78, 5) is 31.3. The van der Waals surface area contributed by atoms with Gasteiger partial charge in [-0.05, 0) is 25.3 Å². The second kappa shape index (κ2) is 7.00. The second-order valence-electron chi connectivity index (χ2n) is 5.73. The Hall–Kier alpha value is -2.08. The first-order valence-electron chi connectivity index (χ1n) is 7.67. The van der Waals surface area contributed by atoms with Crippen LogP contribution >= 0.6 is 11.8 Å². The lowest BCUT2D eigenvalue weighted by Gasteiger charge is -2.07. The number of amides is 1. The van der Waals surface area contributed by atoms with Crippen molar-refractivity contribution in [3.63, 3.8) is 0 Å². The minimum Gasteiger partial charge on any atom is -0.353 e. The average Bonchev–Trinajstić information content (AvgIpc) is 3.34. The molecule has 0 spiro atoms. The summed E-state index contributed by atoms with van der Waals surface area (Å²) in [5.74, 6) is 0.637. The summed E-state index contributed by atoms with van der Waals surface area (Å²) in [6.07, 6.45) is 2.16. The number of aromatic amines is 1. The van der Waals surface area contributed by atoms with E-state index in [0.717, 1.165) is 18.6 Å². The standard InChI is InChI=1S/C17H19N3O2S/c1-11-14(9-15(21)19-13-7-8-13)16(22)20-17(18-11)23-10-12-5-3-2-4-6-12/h2-6,13H,7-10H2,1H3,(H,19,21)(H,18,20,22). The maximum absolute atomic E-state index is 12.2. The highest BCUT2D eigenvalue weighted by molar-refractivity contribution is 7.98. The SMILES string of the molecule is Cc1nc(SCc2ccccc2)[nH]c(=O)c1CC(=O)NC1CC1. The molecule has 6 heteroatoms. The molecule has 0 aliphatic heterocycles. The number of thioether (sulfide) groups is 1. The van der Waals surface area contributed by atoms with Gasteiger partial charge in [0.1, 0.15) is 0 Å². The third-order valence-electron chi connectivity index (χ3n) is 3.70. The number of carbonyl (C=O) groups excluding carboxylic acids is 1. The van der Waals surface area contributed by atoms with Crippen LogP contribution in [-0.2, 0) is 17.0 Å². The number of nitrogens with zero attached hydrogens (tertiary/aromatic N) is 1. The van der Waals surface area contributed by atoms with Crippen molar-refractivity contribution in [2.45, 2.75) is 43.1 Å². The van der Waals surface area contributed by atoms with Gasteiger partial charge in [0.15, 0.2) is 5.16 Å². The molecule has 1 aliphatic carbocycles. The van der Waals surface area contributed by atoms with Crippen LogP contribution in [0.4, 0.5) is 0 Å². The van der Waals surface area contributed by atoms with Gasteiger partial charge in [-0.1, -0.05) is 42.1 Å². The number of hydrogen-bond donors (Lipinski definition) is 2. The van der Waals surface area contributed by atoms with E-state index in [1.54, 1.807) is 6.92 Å². The first-order chi connectivity index (χ1) is 11.1. The minimum atomic E-state index is -0.223. The molecule has 23 heavy (non-hydrogen) atoms. The van der Waals surface area contributed by atoms with Gasteiger partial charge in [-0.25, -0.2) is 4.98 Å². The van der Waals surface area contributed by atoms with Crippen LogP contribution in [0.3, 0.4) is 0 Å². The fraction of sp³-hybridized carbons (Fsp3) is 0.353. The first-order valence-corrected chi connectivity index (χ1v) is 8.66. The summed E-state index contributed by atoms with van der Waals surface area (Å²) in [7, 11) is 0. The zero-order chi connectivity index (χ0) is 16.2.